The van der Waals surface area contributed by atoms with Crippen LogP contribution in [0.5, 0.6) is 0 Å². The van der Waals surface area contributed by atoms with Crippen LogP contribution >= 0.6 is 11.6 Å². The number of aliphatic carboxylic acids is 1. The molecule has 1 N–H and O–H groups in total. The lowest BCUT2D eigenvalue weighted by atomic mass is 10.00. The minimum atomic E-state index is -1.15. The monoisotopic (exact) mass is 270 g/mol. The number of carboxylic acid groups (broad SMARTS) is 1. The average molecular weight is 271 g/mol. The molecule has 1 unspecified atom stereocenters. The second-order valence-electron chi connectivity index (χ2n) is 3.81. The predicted molar refractivity (Wildman–Crippen MR) is 67.5 cm³/mol. The Balaban J connectivity index is 2.59. The predicted octanol–water partition coefficient (Wildman–Crippen LogP) is 2.54. The molecule has 0 fully saturated rings. The first kappa shape index (κ1) is 14.5. The van der Waals surface area contributed by atoms with E-state index in [0.717, 1.165) is 5.56 Å². The van der Waals surface area contributed by atoms with Crippen LogP contribution < -0.4 is 0 Å². The molecule has 1 aromatic rings. The van der Waals surface area contributed by atoms with Crippen LogP contribution in [0.1, 0.15) is 18.9 Å². The van der Waals surface area contributed by atoms with Crippen molar-refractivity contribution in [2.75, 3.05) is 6.61 Å². The Bertz CT molecular complexity index is 414. The van der Waals surface area contributed by atoms with Gasteiger partial charge in [0.25, 0.3) is 0 Å². The van der Waals surface area contributed by atoms with E-state index in [0.29, 0.717) is 11.4 Å². The van der Waals surface area contributed by atoms with E-state index < -0.39 is 17.9 Å². The van der Waals surface area contributed by atoms with Crippen molar-refractivity contribution < 1.29 is 19.4 Å². The highest BCUT2D eigenvalue weighted by Gasteiger charge is 2.27. The fourth-order valence-electron chi connectivity index (χ4n) is 1.55. The SMILES string of the molecule is CCOC(=O)C(CCc1ccc(Cl)cc1)C(=O)O. The van der Waals surface area contributed by atoms with Crippen LogP contribution in [0, 0.1) is 5.92 Å². The summed E-state index contributed by atoms with van der Waals surface area (Å²) in [5, 5.41) is 9.59. The van der Waals surface area contributed by atoms with E-state index in [9.17, 15) is 9.59 Å². The van der Waals surface area contributed by atoms with Crippen LogP contribution in [0.4, 0.5) is 0 Å². The van der Waals surface area contributed by atoms with Crippen molar-refractivity contribution in [3.8, 4) is 0 Å². The van der Waals surface area contributed by atoms with Gasteiger partial charge in [-0.25, -0.2) is 0 Å². The van der Waals surface area contributed by atoms with Gasteiger partial charge in [0.15, 0.2) is 5.92 Å². The van der Waals surface area contributed by atoms with Gasteiger partial charge in [-0.2, -0.15) is 0 Å². The molecule has 0 bridgehead atoms. The molecule has 0 radical (unpaired) electrons. The molecule has 1 atom stereocenters. The summed E-state index contributed by atoms with van der Waals surface area (Å²) in [6.07, 6.45) is 0.711. The summed E-state index contributed by atoms with van der Waals surface area (Å²) in [6.45, 7) is 1.83. The fourth-order valence-corrected chi connectivity index (χ4v) is 1.67. The number of hydrogen-bond acceptors (Lipinski definition) is 3. The quantitative estimate of drug-likeness (QED) is 0.637. The van der Waals surface area contributed by atoms with Crippen molar-refractivity contribution in [2.45, 2.75) is 19.8 Å². The van der Waals surface area contributed by atoms with Crippen LogP contribution in [-0.2, 0) is 20.7 Å². The van der Waals surface area contributed by atoms with Crippen LogP contribution in [0.15, 0.2) is 24.3 Å². The van der Waals surface area contributed by atoms with Crippen molar-refractivity contribution in [2.24, 2.45) is 5.92 Å². The number of halogens is 1. The molecule has 0 aromatic heterocycles. The average Bonchev–Trinajstić information content (AvgIpc) is 2.31. The van der Waals surface area contributed by atoms with E-state index in [1.807, 2.05) is 12.1 Å². The molecule has 0 saturated heterocycles. The molecule has 0 amide bonds. The third-order valence-electron chi connectivity index (χ3n) is 2.50. The number of hydrogen-bond donors (Lipinski definition) is 1. The zero-order chi connectivity index (χ0) is 13.5. The van der Waals surface area contributed by atoms with E-state index in [4.69, 9.17) is 21.4 Å². The van der Waals surface area contributed by atoms with Gasteiger partial charge in [0, 0.05) is 5.02 Å². The number of carbonyl (C=O) groups excluding carboxylic acids is 1. The Hall–Kier alpha value is -1.55. The molecule has 18 heavy (non-hydrogen) atoms. The van der Waals surface area contributed by atoms with Gasteiger partial charge in [0.1, 0.15) is 0 Å². The Labute approximate surface area is 111 Å². The van der Waals surface area contributed by atoms with Crippen molar-refractivity contribution >= 4 is 23.5 Å². The maximum Gasteiger partial charge on any atom is 0.320 e. The zero-order valence-electron chi connectivity index (χ0n) is 10.1. The summed E-state index contributed by atoms with van der Waals surface area (Å²) in [5.41, 5.74) is 0.940. The molecule has 1 aromatic carbocycles. The molecule has 1 rings (SSSR count). The first-order valence-corrected chi connectivity index (χ1v) is 6.06. The molecule has 0 saturated carbocycles. The van der Waals surface area contributed by atoms with Crippen molar-refractivity contribution in [1.82, 2.24) is 0 Å². The van der Waals surface area contributed by atoms with Crippen molar-refractivity contribution in [3.63, 3.8) is 0 Å². The topological polar surface area (TPSA) is 63.6 Å². The highest BCUT2D eigenvalue weighted by atomic mass is 35.5. The first-order chi connectivity index (χ1) is 8.54. The fraction of sp³-hybridized carbons (Fsp3) is 0.385. The van der Waals surface area contributed by atoms with E-state index in [1.165, 1.54) is 0 Å². The normalized spacial score (nSPS) is 11.9. The highest BCUT2D eigenvalue weighted by Crippen LogP contribution is 2.15. The number of ether oxygens (including phenoxy) is 1. The molecule has 0 aliphatic carbocycles. The molecule has 98 valence electrons. The molecule has 0 aliphatic rings. The maximum atomic E-state index is 11.4. The first-order valence-electron chi connectivity index (χ1n) is 5.68. The minimum Gasteiger partial charge on any atom is -0.481 e. The molecular weight excluding hydrogens is 256 g/mol. The standard InChI is InChI=1S/C13H15ClO4/c1-2-18-13(17)11(12(15)16)8-5-9-3-6-10(14)7-4-9/h3-4,6-7,11H,2,5,8H2,1H3,(H,15,16). The van der Waals surface area contributed by atoms with Crippen molar-refractivity contribution in [3.05, 3.63) is 34.9 Å². The van der Waals surface area contributed by atoms with E-state index in [-0.39, 0.29) is 13.0 Å². The smallest absolute Gasteiger partial charge is 0.320 e. The summed E-state index contributed by atoms with van der Waals surface area (Å²) in [4.78, 5) is 22.4. The van der Waals surface area contributed by atoms with Crippen LogP contribution in [0.2, 0.25) is 5.02 Å². The molecule has 0 spiro atoms. The van der Waals surface area contributed by atoms with Crippen LogP contribution in [-0.4, -0.2) is 23.7 Å². The molecule has 4 nitrogen and oxygen atoms in total. The highest BCUT2D eigenvalue weighted by molar-refractivity contribution is 6.30. The summed E-state index contributed by atoms with van der Waals surface area (Å²) >= 11 is 5.75. The van der Waals surface area contributed by atoms with E-state index >= 15 is 0 Å². The summed E-state index contributed by atoms with van der Waals surface area (Å²) in [7, 11) is 0. The van der Waals surface area contributed by atoms with Crippen molar-refractivity contribution in [1.29, 1.82) is 0 Å². The van der Waals surface area contributed by atoms with Gasteiger partial charge in [0.05, 0.1) is 6.61 Å². The third-order valence-corrected chi connectivity index (χ3v) is 2.76. The second-order valence-corrected chi connectivity index (χ2v) is 4.24. The van der Waals surface area contributed by atoms with E-state index in [1.54, 1.807) is 19.1 Å². The Morgan fingerprint density at radius 1 is 1.33 bits per heavy atom. The number of aryl methyl sites for hydroxylation is 1. The summed E-state index contributed by atoms with van der Waals surface area (Å²) in [5.74, 6) is -2.94. The molecule has 5 heteroatoms. The van der Waals surface area contributed by atoms with Gasteiger partial charge in [-0.15, -0.1) is 0 Å². The van der Waals surface area contributed by atoms with Crippen LogP contribution in [0.3, 0.4) is 0 Å². The summed E-state index contributed by atoms with van der Waals surface area (Å²) in [6, 6.07) is 7.09. The van der Waals surface area contributed by atoms with Gasteiger partial charge in [-0.3, -0.25) is 9.59 Å². The lowest BCUT2D eigenvalue weighted by Crippen LogP contribution is -2.26. The summed E-state index contributed by atoms with van der Waals surface area (Å²) < 4.78 is 4.73. The molecule has 0 aliphatic heterocycles. The number of benzene rings is 1. The lowest BCUT2D eigenvalue weighted by Gasteiger charge is -2.11. The second kappa shape index (κ2) is 7.01. The van der Waals surface area contributed by atoms with Crippen LogP contribution in [0.25, 0.3) is 0 Å². The molecular formula is C13H15ClO4. The number of carboxylic acids is 1. The number of carbonyl (C=O) groups is 2. The molecule has 0 heterocycles. The number of rotatable bonds is 6. The van der Waals surface area contributed by atoms with Gasteiger partial charge < -0.3 is 9.84 Å². The van der Waals surface area contributed by atoms with Gasteiger partial charge >= 0.3 is 11.9 Å². The Morgan fingerprint density at radius 3 is 2.44 bits per heavy atom. The largest absolute Gasteiger partial charge is 0.481 e. The zero-order valence-corrected chi connectivity index (χ0v) is 10.8. The Morgan fingerprint density at radius 2 is 1.94 bits per heavy atom. The lowest BCUT2D eigenvalue weighted by molar-refractivity contribution is -0.158. The van der Waals surface area contributed by atoms with Gasteiger partial charge in [0.2, 0.25) is 0 Å². The van der Waals surface area contributed by atoms with Gasteiger partial charge in [-0.05, 0) is 37.5 Å². The number of esters is 1. The maximum absolute atomic E-state index is 11.4. The van der Waals surface area contributed by atoms with Gasteiger partial charge in [-0.1, -0.05) is 23.7 Å². The Kier molecular flexibility index (Phi) is 5.65. The van der Waals surface area contributed by atoms with E-state index in [2.05, 4.69) is 0 Å². The third kappa shape index (κ3) is 4.37. The minimum absolute atomic E-state index is 0.184.